The second-order valence-corrected chi connectivity index (χ2v) is 6.58. The summed E-state index contributed by atoms with van der Waals surface area (Å²) in [6.07, 6.45) is 1.63. The summed E-state index contributed by atoms with van der Waals surface area (Å²) in [5.74, 6) is 0.729. The molecule has 102 valence electrons. The minimum Gasteiger partial charge on any atom is -0.495 e. The smallest absolute Gasteiger partial charge is 0.175 e. The molecule has 7 heteroatoms. The number of thiocarbonyl (C=S) groups is 1. The third-order valence-electron chi connectivity index (χ3n) is 2.59. The maximum absolute atomic E-state index is 11.3. The van der Waals surface area contributed by atoms with Crippen LogP contribution in [0.15, 0.2) is 36.0 Å². The van der Waals surface area contributed by atoms with Gasteiger partial charge in [0.1, 0.15) is 5.75 Å². The molecule has 0 amide bonds. The number of hydrogen-bond acceptors (Lipinski definition) is 4. The molecule has 0 unspecified atom stereocenters. The molecule has 1 aromatic carbocycles. The molecular weight excluding hydrogens is 284 g/mol. The molecule has 2 rings (SSSR count). The van der Waals surface area contributed by atoms with Crippen LogP contribution in [-0.4, -0.2) is 32.1 Å². The third-order valence-corrected chi connectivity index (χ3v) is 4.22. The van der Waals surface area contributed by atoms with Crippen molar-refractivity contribution < 1.29 is 13.2 Å². The Balaban J connectivity index is 1.99. The highest BCUT2D eigenvalue weighted by Gasteiger charge is 2.20. The Morgan fingerprint density at radius 3 is 2.68 bits per heavy atom. The fourth-order valence-corrected chi connectivity index (χ4v) is 3.19. The van der Waals surface area contributed by atoms with E-state index in [-0.39, 0.29) is 11.5 Å². The molecule has 0 saturated carbocycles. The van der Waals surface area contributed by atoms with E-state index in [1.54, 1.807) is 13.2 Å². The van der Waals surface area contributed by atoms with Crippen molar-refractivity contribution in [2.45, 2.75) is 0 Å². The highest BCUT2D eigenvalue weighted by atomic mass is 32.2. The molecule has 1 aliphatic rings. The number of benzene rings is 1. The van der Waals surface area contributed by atoms with E-state index in [0.717, 1.165) is 5.69 Å². The predicted molar refractivity (Wildman–Crippen MR) is 79.1 cm³/mol. The Hall–Kier alpha value is -1.60. The van der Waals surface area contributed by atoms with E-state index in [4.69, 9.17) is 17.0 Å². The first-order chi connectivity index (χ1) is 9.00. The third kappa shape index (κ3) is 3.68. The van der Waals surface area contributed by atoms with Crippen molar-refractivity contribution in [1.82, 2.24) is 5.32 Å². The number of ether oxygens (including phenoxy) is 1. The molecule has 0 aromatic heterocycles. The largest absolute Gasteiger partial charge is 0.495 e. The summed E-state index contributed by atoms with van der Waals surface area (Å²) in [5.41, 5.74) is 1.33. The Labute approximate surface area is 117 Å². The van der Waals surface area contributed by atoms with Crippen LogP contribution in [0.5, 0.6) is 5.75 Å². The Morgan fingerprint density at radius 1 is 1.32 bits per heavy atom. The van der Waals surface area contributed by atoms with Gasteiger partial charge in [-0.1, -0.05) is 12.1 Å². The van der Waals surface area contributed by atoms with Crippen molar-refractivity contribution >= 4 is 32.9 Å². The summed E-state index contributed by atoms with van der Waals surface area (Å²) in [6.45, 7) is 0. The summed E-state index contributed by atoms with van der Waals surface area (Å²) in [4.78, 5) is 0. The van der Waals surface area contributed by atoms with E-state index >= 15 is 0 Å². The molecule has 0 fully saturated rings. The molecule has 0 spiro atoms. The van der Waals surface area contributed by atoms with Gasteiger partial charge in [-0.3, -0.25) is 0 Å². The first-order valence-electron chi connectivity index (χ1n) is 5.61. The summed E-state index contributed by atoms with van der Waals surface area (Å²) >= 11 is 5.14. The molecule has 1 aromatic rings. The zero-order chi connectivity index (χ0) is 13.9. The van der Waals surface area contributed by atoms with E-state index in [2.05, 4.69) is 10.6 Å². The van der Waals surface area contributed by atoms with Gasteiger partial charge in [-0.15, -0.1) is 0 Å². The molecule has 5 nitrogen and oxygen atoms in total. The van der Waals surface area contributed by atoms with Crippen molar-refractivity contribution in [3.8, 4) is 5.75 Å². The lowest BCUT2D eigenvalue weighted by atomic mass is 10.3. The number of methoxy groups -OCH3 is 1. The highest BCUT2D eigenvalue weighted by Crippen LogP contribution is 2.23. The lowest BCUT2D eigenvalue weighted by Crippen LogP contribution is -2.29. The molecule has 1 aliphatic heterocycles. The SMILES string of the molecule is COc1ccccc1NC(=S)NC1=CCS(=O)(=O)C1. The minimum atomic E-state index is -2.99. The van der Waals surface area contributed by atoms with Crippen molar-refractivity contribution in [3.63, 3.8) is 0 Å². The van der Waals surface area contributed by atoms with E-state index in [0.29, 0.717) is 16.6 Å². The number of rotatable bonds is 3. The topological polar surface area (TPSA) is 67.4 Å². The maximum atomic E-state index is 11.3. The normalized spacial score (nSPS) is 16.6. The number of sulfone groups is 1. The molecule has 0 radical (unpaired) electrons. The van der Waals surface area contributed by atoms with Gasteiger partial charge in [-0.25, -0.2) is 8.42 Å². The van der Waals surface area contributed by atoms with Gasteiger partial charge in [0.25, 0.3) is 0 Å². The fraction of sp³-hybridized carbons (Fsp3) is 0.250. The van der Waals surface area contributed by atoms with Gasteiger partial charge < -0.3 is 15.4 Å². The quantitative estimate of drug-likeness (QED) is 0.820. The molecular formula is C12H14N2O3S2. The van der Waals surface area contributed by atoms with Gasteiger partial charge in [0.05, 0.1) is 24.3 Å². The monoisotopic (exact) mass is 298 g/mol. The number of anilines is 1. The fourth-order valence-electron chi connectivity index (χ4n) is 1.72. The first kappa shape index (κ1) is 13.8. The van der Waals surface area contributed by atoms with Crippen LogP contribution in [0.25, 0.3) is 0 Å². The van der Waals surface area contributed by atoms with Crippen LogP contribution in [0.1, 0.15) is 0 Å². The number of para-hydroxylation sites is 2. The van der Waals surface area contributed by atoms with Crippen LogP contribution in [0.4, 0.5) is 5.69 Å². The minimum absolute atomic E-state index is 0.000739. The summed E-state index contributed by atoms with van der Waals surface area (Å²) in [6, 6.07) is 7.34. The maximum Gasteiger partial charge on any atom is 0.175 e. The van der Waals surface area contributed by atoms with Gasteiger partial charge in [-0.05, 0) is 30.4 Å². The lowest BCUT2D eigenvalue weighted by Gasteiger charge is -2.13. The molecule has 2 N–H and O–H groups in total. The molecule has 0 atom stereocenters. The van der Waals surface area contributed by atoms with Crippen molar-refractivity contribution in [2.24, 2.45) is 0 Å². The zero-order valence-corrected chi connectivity index (χ0v) is 12.0. The van der Waals surface area contributed by atoms with Crippen LogP contribution in [-0.2, 0) is 9.84 Å². The second-order valence-electron chi connectivity index (χ2n) is 4.06. The van der Waals surface area contributed by atoms with E-state index in [1.807, 2.05) is 24.3 Å². The van der Waals surface area contributed by atoms with E-state index < -0.39 is 9.84 Å². The second kappa shape index (κ2) is 5.58. The summed E-state index contributed by atoms with van der Waals surface area (Å²) < 4.78 is 27.8. The van der Waals surface area contributed by atoms with Crippen LogP contribution in [0.2, 0.25) is 0 Å². The average Bonchev–Trinajstić information content (AvgIpc) is 2.69. The lowest BCUT2D eigenvalue weighted by molar-refractivity contribution is 0.417. The zero-order valence-electron chi connectivity index (χ0n) is 10.3. The van der Waals surface area contributed by atoms with Crippen LogP contribution >= 0.6 is 12.2 Å². The summed E-state index contributed by atoms with van der Waals surface area (Å²) in [5, 5.41) is 6.20. The van der Waals surface area contributed by atoms with Crippen molar-refractivity contribution in [2.75, 3.05) is 23.9 Å². The van der Waals surface area contributed by atoms with Gasteiger partial charge in [0.2, 0.25) is 0 Å². The molecule has 19 heavy (non-hydrogen) atoms. The highest BCUT2D eigenvalue weighted by molar-refractivity contribution is 7.92. The molecule has 0 bridgehead atoms. The van der Waals surface area contributed by atoms with E-state index in [1.165, 1.54) is 0 Å². The van der Waals surface area contributed by atoms with E-state index in [9.17, 15) is 8.42 Å². The Morgan fingerprint density at radius 2 is 2.05 bits per heavy atom. The van der Waals surface area contributed by atoms with Crippen molar-refractivity contribution in [1.29, 1.82) is 0 Å². The molecule has 0 saturated heterocycles. The predicted octanol–water partition coefficient (Wildman–Crippen LogP) is 1.29. The number of nitrogens with one attached hydrogen (secondary N) is 2. The summed E-state index contributed by atoms with van der Waals surface area (Å²) in [7, 11) is -1.42. The van der Waals surface area contributed by atoms with Gasteiger partial charge in [0, 0.05) is 5.70 Å². The first-order valence-corrected chi connectivity index (χ1v) is 7.83. The average molecular weight is 298 g/mol. The molecule has 0 aliphatic carbocycles. The Kier molecular flexibility index (Phi) is 4.06. The van der Waals surface area contributed by atoms with Gasteiger partial charge >= 0.3 is 0 Å². The van der Waals surface area contributed by atoms with Crippen LogP contribution in [0.3, 0.4) is 0 Å². The van der Waals surface area contributed by atoms with Crippen LogP contribution in [0, 0.1) is 0 Å². The van der Waals surface area contributed by atoms with Crippen LogP contribution < -0.4 is 15.4 Å². The van der Waals surface area contributed by atoms with Gasteiger partial charge in [-0.2, -0.15) is 0 Å². The van der Waals surface area contributed by atoms with Crippen molar-refractivity contribution in [3.05, 3.63) is 36.0 Å². The standard InChI is InChI=1S/C12H14N2O3S2/c1-17-11-5-3-2-4-10(11)14-12(18)13-9-6-7-19(15,16)8-9/h2-6H,7-8H2,1H3,(H2,13,14,18). The Bertz CT molecular complexity index is 624. The number of hydrogen-bond donors (Lipinski definition) is 2. The molecule has 1 heterocycles. The van der Waals surface area contributed by atoms with Gasteiger partial charge in [0.15, 0.2) is 14.9 Å².